The Morgan fingerprint density at radius 1 is 0.205 bits per heavy atom. The van der Waals surface area contributed by atoms with Crippen LogP contribution in [0.4, 0.5) is 0 Å². The van der Waals surface area contributed by atoms with Crippen molar-refractivity contribution in [1.29, 1.82) is 0 Å². The highest BCUT2D eigenvalue weighted by atomic mass is 14.3. The van der Waals surface area contributed by atoms with Crippen LogP contribution in [-0.2, 0) is 38.5 Å². The number of fused-ring (bicyclic) bond motifs is 13. The summed E-state index contributed by atoms with van der Waals surface area (Å²) < 4.78 is 0. The Kier molecular flexibility index (Phi) is 13.9. The maximum Gasteiger partial charge on any atom is 0.0403 e. The van der Waals surface area contributed by atoms with Gasteiger partial charge in [0, 0.05) is 33.4 Å². The lowest BCUT2D eigenvalue weighted by Gasteiger charge is -2.15. The van der Waals surface area contributed by atoms with Crippen LogP contribution >= 0.6 is 0 Å². The van der Waals surface area contributed by atoms with Crippen molar-refractivity contribution in [3.63, 3.8) is 0 Å². The molecule has 420 valence electrons. The third-order valence-electron chi connectivity index (χ3n) is 18.6. The summed E-state index contributed by atoms with van der Waals surface area (Å²) in [6, 6.07) is 32.8. The second-order valence-electron chi connectivity index (χ2n) is 25.3. The maximum absolute atomic E-state index is 3.46. The Bertz CT molecular complexity index is 5370. The molecule has 0 atom stereocenters. The van der Waals surface area contributed by atoms with E-state index in [1.807, 2.05) is 41.5 Å². The van der Waals surface area contributed by atoms with Gasteiger partial charge >= 0.3 is 0 Å². The van der Waals surface area contributed by atoms with Crippen LogP contribution in [0.2, 0.25) is 0 Å². The third kappa shape index (κ3) is 9.46. The van der Waals surface area contributed by atoms with Gasteiger partial charge in [0.05, 0.1) is 0 Å². The quantitative estimate of drug-likeness (QED) is 0.105. The number of hydrogen-bond acceptors (Lipinski definition) is 0. The Morgan fingerprint density at radius 2 is 0.375 bits per heavy atom. The van der Waals surface area contributed by atoms with Gasteiger partial charge in [-0.3, -0.25) is 0 Å². The summed E-state index contributed by atoms with van der Waals surface area (Å²) in [6.45, 7) is 24.8. The fraction of sp³-hybridized carbons (Fsp3) is 0.205. The van der Waals surface area contributed by atoms with Gasteiger partial charge in [0.15, 0.2) is 0 Å². The summed E-state index contributed by atoms with van der Waals surface area (Å²) in [5, 5.41) is 17.3. The smallest absolute Gasteiger partial charge is 0.0403 e. The van der Waals surface area contributed by atoms with Crippen molar-refractivity contribution < 1.29 is 0 Å². The molecule has 0 N–H and O–H groups in total. The molecule has 0 nitrogen and oxygen atoms in total. The number of rotatable bonds is 0. The predicted molar refractivity (Wildman–Crippen MR) is 381 cm³/mol. The van der Waals surface area contributed by atoms with Gasteiger partial charge in [0.2, 0.25) is 0 Å². The molecule has 0 saturated heterocycles. The number of benzene rings is 10. The standard InChI is InChI=1S/C32H24.2C28H22/c1-5-7-27-29-15-23-11-20(4)12-24(23)16-30(29)28(8-6-2)32-18-26-14-22-10-19(3)9-21(22)13-25(26)17-31(27)32;2*1-5-7-23-25-13-19-9-17(3)11-21(19)15-27(25)24(8-6-2)28-16-22-12-18(4)10-20(22)14-26(23)28/h9,12-18H,10-11H2,1-4H3;9,12-16H,10-11H2,1-4H3;9-10,13-16H,11-12H2,1-4H3. The van der Waals surface area contributed by atoms with Crippen molar-refractivity contribution in [1.82, 2.24) is 0 Å². The lowest BCUT2D eigenvalue weighted by Crippen LogP contribution is -1.95. The van der Waals surface area contributed by atoms with Crippen LogP contribution in [0, 0.1) is 71.0 Å². The van der Waals surface area contributed by atoms with E-state index in [-0.39, 0.29) is 0 Å². The van der Waals surface area contributed by atoms with Crippen LogP contribution in [0.5, 0.6) is 0 Å². The first-order valence-electron chi connectivity index (χ1n) is 31.0. The van der Waals surface area contributed by atoms with E-state index in [0.29, 0.717) is 0 Å². The summed E-state index contributed by atoms with van der Waals surface area (Å²) in [5.41, 5.74) is 31.7. The topological polar surface area (TPSA) is 0 Å². The summed E-state index contributed by atoms with van der Waals surface area (Å²) in [4.78, 5) is 0. The highest BCUT2D eigenvalue weighted by Gasteiger charge is 2.24. The van der Waals surface area contributed by atoms with Gasteiger partial charge in [-0.1, -0.05) is 111 Å². The molecule has 0 unspecified atom stereocenters. The van der Waals surface area contributed by atoms with Gasteiger partial charge in [-0.2, -0.15) is 0 Å². The molecule has 0 radical (unpaired) electrons. The number of hydrogen-bond donors (Lipinski definition) is 0. The van der Waals surface area contributed by atoms with E-state index in [1.165, 1.54) is 176 Å². The summed E-state index contributed by atoms with van der Waals surface area (Å²) in [5.74, 6) is 39.6. The molecular weight excluding hydrogens is 1060 g/mol. The summed E-state index contributed by atoms with van der Waals surface area (Å²) in [6.07, 6.45) is 20.1. The molecule has 6 aliphatic rings. The Hall–Kier alpha value is -10.2. The SMILES string of the molecule is CC#Cc1c2cc3c(cc2c(C#CC)c2cc4c(cc12)C=C(C)C4)CC(C)=C3.CC#Cc1c2cc3c(cc2c(C#CC)c2cc4c(cc12)CC(C)=C4)CC(C)=C3.CC#Cc1c2cc3c(cc2c(C#CC)c2cc4cc5c(cc4cc12)CC(C)=C5)CC(C)=C3. The van der Waals surface area contributed by atoms with Crippen molar-refractivity contribution in [2.24, 2.45) is 0 Å². The highest BCUT2D eigenvalue weighted by Crippen LogP contribution is 2.44. The van der Waals surface area contributed by atoms with Gasteiger partial charge in [-0.05, 0) is 343 Å². The molecule has 0 fully saturated rings. The molecule has 6 aliphatic carbocycles. The molecule has 10 aromatic carbocycles. The first-order valence-corrected chi connectivity index (χ1v) is 31.0. The molecule has 0 spiro atoms. The van der Waals surface area contributed by atoms with Crippen LogP contribution in [0.1, 0.15) is 183 Å². The predicted octanol–water partition coefficient (Wildman–Crippen LogP) is 21.1. The first-order chi connectivity index (χ1) is 42.7. The fourth-order valence-electron chi connectivity index (χ4n) is 15.1. The Balaban J connectivity index is 0.000000116. The van der Waals surface area contributed by atoms with Crippen LogP contribution < -0.4 is 0 Å². The van der Waals surface area contributed by atoms with Crippen molar-refractivity contribution in [2.75, 3.05) is 0 Å². The fourth-order valence-corrected chi connectivity index (χ4v) is 15.1. The van der Waals surface area contributed by atoms with E-state index in [9.17, 15) is 0 Å². The van der Waals surface area contributed by atoms with Gasteiger partial charge < -0.3 is 0 Å². The third-order valence-corrected chi connectivity index (χ3v) is 18.6. The largest absolute Gasteiger partial charge is 0.101 e. The highest BCUT2D eigenvalue weighted by molar-refractivity contribution is 6.16. The second kappa shape index (κ2) is 22.0. The van der Waals surface area contributed by atoms with Crippen molar-refractivity contribution >= 4 is 112 Å². The molecule has 16 rings (SSSR count). The van der Waals surface area contributed by atoms with E-state index in [2.05, 4.69) is 234 Å². The van der Waals surface area contributed by atoms with Gasteiger partial charge in [0.25, 0.3) is 0 Å². The minimum absolute atomic E-state index is 1.02. The van der Waals surface area contributed by atoms with Gasteiger partial charge in [0.1, 0.15) is 0 Å². The van der Waals surface area contributed by atoms with Gasteiger partial charge in [-0.25, -0.2) is 0 Å². The lowest BCUT2D eigenvalue weighted by molar-refractivity contribution is 1.20. The maximum atomic E-state index is 3.46. The Labute approximate surface area is 519 Å². The normalized spacial score (nSPS) is 14.0. The van der Waals surface area contributed by atoms with E-state index in [1.54, 1.807) is 0 Å². The first kappa shape index (κ1) is 55.7. The molecule has 88 heavy (non-hydrogen) atoms. The van der Waals surface area contributed by atoms with Crippen LogP contribution in [0.15, 0.2) is 118 Å². The van der Waals surface area contributed by atoms with E-state index in [4.69, 9.17) is 0 Å². The molecule has 10 aromatic rings. The minimum atomic E-state index is 1.02. The average molecular weight is 1130 g/mol. The Morgan fingerprint density at radius 3 is 0.591 bits per heavy atom. The van der Waals surface area contributed by atoms with Crippen molar-refractivity contribution in [3.05, 3.63) is 219 Å². The second-order valence-corrected chi connectivity index (χ2v) is 25.3. The molecule has 0 saturated carbocycles. The summed E-state index contributed by atoms with van der Waals surface area (Å²) in [7, 11) is 0. The van der Waals surface area contributed by atoms with E-state index >= 15 is 0 Å². The zero-order chi connectivity index (χ0) is 60.8. The molecule has 0 bridgehead atoms. The minimum Gasteiger partial charge on any atom is -0.101 e. The van der Waals surface area contributed by atoms with Crippen molar-refractivity contribution in [2.45, 2.75) is 122 Å². The molecule has 0 amide bonds. The lowest BCUT2D eigenvalue weighted by atomic mass is 9.88. The molecule has 0 aliphatic heterocycles. The zero-order valence-corrected chi connectivity index (χ0v) is 52.8. The van der Waals surface area contributed by atoms with E-state index < -0.39 is 0 Å². The average Bonchev–Trinajstić information content (AvgIpc) is 1.21. The van der Waals surface area contributed by atoms with E-state index in [0.717, 1.165) is 71.9 Å². The van der Waals surface area contributed by atoms with Crippen LogP contribution in [0.25, 0.3) is 112 Å². The molecule has 0 heteroatoms. The molecule has 0 heterocycles. The van der Waals surface area contributed by atoms with Crippen molar-refractivity contribution in [3.8, 4) is 71.0 Å². The van der Waals surface area contributed by atoms with Gasteiger partial charge in [-0.15, -0.1) is 35.5 Å². The zero-order valence-electron chi connectivity index (χ0n) is 52.8. The van der Waals surface area contributed by atoms with Crippen LogP contribution in [0.3, 0.4) is 0 Å². The van der Waals surface area contributed by atoms with Crippen LogP contribution in [-0.4, -0.2) is 0 Å². The summed E-state index contributed by atoms with van der Waals surface area (Å²) >= 11 is 0. The number of allylic oxidation sites excluding steroid dienone is 6. The molecular formula is C88H68. The monoisotopic (exact) mass is 1120 g/mol. The molecule has 0 aromatic heterocycles.